The minimum atomic E-state index is 0.562. The Hall–Kier alpha value is -1.09. The number of hydrogen-bond acceptors (Lipinski definition) is 2. The molecule has 1 rings (SSSR count). The third-order valence-electron chi connectivity index (χ3n) is 3.02. The van der Waals surface area contributed by atoms with Gasteiger partial charge < -0.3 is 5.32 Å². The highest BCUT2D eigenvalue weighted by Gasteiger charge is 2.09. The molecule has 0 atom stereocenters. The minimum absolute atomic E-state index is 0.562. The fourth-order valence-electron chi connectivity index (χ4n) is 1.81. The monoisotopic (exact) mass is 221 g/mol. The van der Waals surface area contributed by atoms with Gasteiger partial charge in [-0.15, -0.1) is 0 Å². The summed E-state index contributed by atoms with van der Waals surface area (Å²) in [6.07, 6.45) is 2.28. The maximum Gasteiger partial charge on any atom is 0.0668 e. The molecule has 90 valence electrons. The van der Waals surface area contributed by atoms with Crippen molar-refractivity contribution in [3.05, 3.63) is 22.5 Å². The number of aromatic nitrogens is 2. The van der Waals surface area contributed by atoms with Gasteiger partial charge in [0.1, 0.15) is 0 Å². The molecule has 0 unspecified atom stereocenters. The summed E-state index contributed by atoms with van der Waals surface area (Å²) in [5.74, 6) is 0.562. The van der Waals surface area contributed by atoms with E-state index in [-0.39, 0.29) is 0 Å². The second-order valence-electron chi connectivity index (χ2n) is 4.61. The first kappa shape index (κ1) is 13.0. The summed E-state index contributed by atoms with van der Waals surface area (Å²) < 4.78 is 1.94. The highest BCUT2D eigenvalue weighted by Crippen LogP contribution is 2.19. The van der Waals surface area contributed by atoms with E-state index in [1.54, 1.807) is 0 Å². The fourth-order valence-corrected chi connectivity index (χ4v) is 1.81. The van der Waals surface area contributed by atoms with Crippen molar-refractivity contribution in [3.8, 4) is 0 Å². The third kappa shape index (κ3) is 2.73. The van der Waals surface area contributed by atoms with Crippen LogP contribution in [0.25, 0.3) is 6.08 Å². The number of aryl methyl sites for hydroxylation is 2. The first-order chi connectivity index (χ1) is 7.47. The van der Waals surface area contributed by atoms with Crippen LogP contribution in [0.5, 0.6) is 0 Å². The van der Waals surface area contributed by atoms with Gasteiger partial charge in [-0.05, 0) is 26.8 Å². The topological polar surface area (TPSA) is 29.9 Å². The van der Waals surface area contributed by atoms with E-state index < -0.39 is 0 Å². The predicted octanol–water partition coefficient (Wildman–Crippen LogP) is 2.30. The van der Waals surface area contributed by atoms with Crippen molar-refractivity contribution < 1.29 is 0 Å². The van der Waals surface area contributed by atoms with Gasteiger partial charge in [0.05, 0.1) is 5.69 Å². The van der Waals surface area contributed by atoms with Crippen LogP contribution in [0, 0.1) is 19.8 Å². The molecule has 3 heteroatoms. The summed E-state index contributed by atoms with van der Waals surface area (Å²) in [6.45, 7) is 9.57. The van der Waals surface area contributed by atoms with Crippen molar-refractivity contribution >= 4 is 6.08 Å². The normalized spacial score (nSPS) is 12.6. The number of hydrogen-bond donors (Lipinski definition) is 1. The highest BCUT2D eigenvalue weighted by atomic mass is 15.3. The largest absolute Gasteiger partial charge is 0.316 e. The Kier molecular flexibility index (Phi) is 4.30. The first-order valence-electron chi connectivity index (χ1n) is 5.82. The van der Waals surface area contributed by atoms with Crippen molar-refractivity contribution in [1.29, 1.82) is 0 Å². The Balaban J connectivity index is 3.12. The maximum absolute atomic E-state index is 4.43. The zero-order valence-corrected chi connectivity index (χ0v) is 11.3. The molecule has 0 aliphatic heterocycles. The van der Waals surface area contributed by atoms with Crippen molar-refractivity contribution in [2.75, 3.05) is 13.6 Å². The van der Waals surface area contributed by atoms with Crippen molar-refractivity contribution in [2.45, 2.75) is 27.7 Å². The van der Waals surface area contributed by atoms with Gasteiger partial charge in [-0.3, -0.25) is 4.68 Å². The second-order valence-corrected chi connectivity index (χ2v) is 4.61. The van der Waals surface area contributed by atoms with Crippen LogP contribution < -0.4 is 5.32 Å². The van der Waals surface area contributed by atoms with Crippen LogP contribution in [0.2, 0.25) is 0 Å². The molecule has 0 amide bonds. The summed E-state index contributed by atoms with van der Waals surface area (Å²) in [7, 11) is 3.98. The molecule has 0 aliphatic carbocycles. The molecule has 0 radical (unpaired) electrons. The molecule has 0 spiro atoms. The number of rotatable bonds is 4. The van der Waals surface area contributed by atoms with Gasteiger partial charge >= 0.3 is 0 Å². The number of nitrogens with zero attached hydrogens (tertiary/aromatic N) is 2. The minimum Gasteiger partial charge on any atom is -0.316 e. The molecule has 1 N–H and O–H groups in total. The summed E-state index contributed by atoms with van der Waals surface area (Å²) in [6, 6.07) is 0. The average molecular weight is 221 g/mol. The summed E-state index contributed by atoms with van der Waals surface area (Å²) >= 11 is 0. The van der Waals surface area contributed by atoms with Gasteiger partial charge in [0.25, 0.3) is 0 Å². The van der Waals surface area contributed by atoms with Crippen LogP contribution in [-0.2, 0) is 7.05 Å². The van der Waals surface area contributed by atoms with Gasteiger partial charge in [-0.2, -0.15) is 5.10 Å². The lowest BCUT2D eigenvalue weighted by atomic mass is 9.99. The molecule has 0 saturated heterocycles. The molecule has 0 aromatic carbocycles. The molecular formula is C13H23N3. The van der Waals surface area contributed by atoms with Crippen LogP contribution >= 0.6 is 0 Å². The van der Waals surface area contributed by atoms with Crippen molar-refractivity contribution in [3.63, 3.8) is 0 Å². The van der Waals surface area contributed by atoms with Gasteiger partial charge in [-0.25, -0.2) is 0 Å². The van der Waals surface area contributed by atoms with Gasteiger partial charge in [-0.1, -0.05) is 25.5 Å². The highest BCUT2D eigenvalue weighted by molar-refractivity contribution is 5.58. The second kappa shape index (κ2) is 5.30. The quantitative estimate of drug-likeness (QED) is 0.845. The molecule has 0 fully saturated rings. The number of likely N-dealkylation sites (N-methyl/N-ethyl adjacent to an activating group) is 1. The van der Waals surface area contributed by atoms with E-state index in [2.05, 4.69) is 44.2 Å². The molecular weight excluding hydrogens is 198 g/mol. The molecule has 16 heavy (non-hydrogen) atoms. The Morgan fingerprint density at radius 1 is 1.44 bits per heavy atom. The SMILES string of the molecule is CNCC(=Cc1c(C)nn(C)c1C)C(C)C. The van der Waals surface area contributed by atoms with Crippen LogP contribution in [-0.4, -0.2) is 23.4 Å². The Morgan fingerprint density at radius 2 is 2.06 bits per heavy atom. The third-order valence-corrected chi connectivity index (χ3v) is 3.02. The summed E-state index contributed by atoms with van der Waals surface area (Å²) in [4.78, 5) is 0. The van der Waals surface area contributed by atoms with Gasteiger partial charge in [0.15, 0.2) is 0 Å². The zero-order valence-electron chi connectivity index (χ0n) is 11.3. The molecule has 0 bridgehead atoms. The first-order valence-corrected chi connectivity index (χ1v) is 5.82. The summed E-state index contributed by atoms with van der Waals surface area (Å²) in [5, 5.41) is 7.65. The zero-order chi connectivity index (χ0) is 12.3. The Labute approximate surface area is 98.5 Å². The molecule has 0 saturated carbocycles. The molecule has 3 nitrogen and oxygen atoms in total. The van der Waals surface area contributed by atoms with E-state index in [0.29, 0.717) is 5.92 Å². The Morgan fingerprint density at radius 3 is 2.44 bits per heavy atom. The standard InChI is InChI=1S/C13H23N3/c1-9(2)12(8-14-5)7-13-10(3)15-16(6)11(13)4/h7,9,14H,8H2,1-6H3. The lowest BCUT2D eigenvalue weighted by Crippen LogP contribution is -2.14. The van der Waals surface area contributed by atoms with Crippen LogP contribution in [0.4, 0.5) is 0 Å². The molecule has 0 aliphatic rings. The van der Waals surface area contributed by atoms with Crippen LogP contribution in [0.1, 0.15) is 30.8 Å². The van der Waals surface area contributed by atoms with E-state index >= 15 is 0 Å². The van der Waals surface area contributed by atoms with Crippen LogP contribution in [0.3, 0.4) is 0 Å². The summed E-state index contributed by atoms with van der Waals surface area (Å²) in [5.41, 5.74) is 5.02. The average Bonchev–Trinajstić information content (AvgIpc) is 2.43. The van der Waals surface area contributed by atoms with E-state index in [4.69, 9.17) is 0 Å². The van der Waals surface area contributed by atoms with E-state index in [1.807, 2.05) is 18.8 Å². The van der Waals surface area contributed by atoms with E-state index in [0.717, 1.165) is 12.2 Å². The van der Waals surface area contributed by atoms with Crippen molar-refractivity contribution in [1.82, 2.24) is 15.1 Å². The lowest BCUT2D eigenvalue weighted by Gasteiger charge is -2.11. The van der Waals surface area contributed by atoms with Gasteiger partial charge in [0, 0.05) is 24.8 Å². The molecule has 1 aromatic rings. The lowest BCUT2D eigenvalue weighted by molar-refractivity contribution is 0.712. The van der Waals surface area contributed by atoms with E-state index in [1.165, 1.54) is 16.8 Å². The Bertz CT molecular complexity index is 386. The number of nitrogens with one attached hydrogen (secondary N) is 1. The van der Waals surface area contributed by atoms with Crippen molar-refractivity contribution in [2.24, 2.45) is 13.0 Å². The van der Waals surface area contributed by atoms with E-state index in [9.17, 15) is 0 Å². The molecule has 1 heterocycles. The smallest absolute Gasteiger partial charge is 0.0668 e. The predicted molar refractivity (Wildman–Crippen MR) is 69.4 cm³/mol. The maximum atomic E-state index is 4.43. The fraction of sp³-hybridized carbons (Fsp3) is 0.615. The van der Waals surface area contributed by atoms with Gasteiger partial charge in [0.2, 0.25) is 0 Å². The van der Waals surface area contributed by atoms with Crippen LogP contribution in [0.15, 0.2) is 5.57 Å². The molecule has 1 aromatic heterocycles.